The highest BCUT2D eigenvalue weighted by Gasteiger charge is 2.11. The van der Waals surface area contributed by atoms with Crippen LogP contribution in [0, 0.1) is 0 Å². The smallest absolute Gasteiger partial charge is 0.337 e. The van der Waals surface area contributed by atoms with E-state index in [4.69, 9.17) is 4.74 Å². The topological polar surface area (TPSA) is 73.6 Å². The van der Waals surface area contributed by atoms with Crippen molar-refractivity contribution >= 4 is 17.0 Å². The lowest BCUT2D eigenvalue weighted by molar-refractivity contribution is 0.0599. The van der Waals surface area contributed by atoms with Crippen LogP contribution in [0.3, 0.4) is 0 Å². The van der Waals surface area contributed by atoms with Crippen molar-refractivity contribution in [2.45, 2.75) is 12.6 Å². The van der Waals surface area contributed by atoms with Gasteiger partial charge in [0.25, 0.3) is 0 Å². The van der Waals surface area contributed by atoms with Crippen molar-refractivity contribution in [1.29, 1.82) is 0 Å². The van der Waals surface area contributed by atoms with Crippen LogP contribution in [-0.4, -0.2) is 40.4 Å². The second-order valence-electron chi connectivity index (χ2n) is 5.37. The lowest BCUT2D eigenvalue weighted by Gasteiger charge is -2.14. The SMILES string of the molecule is COC(=O)c1cccc(OC[C@@H](O)Cn2cnc3ccccc32)c1. The molecule has 0 saturated carbocycles. The van der Waals surface area contributed by atoms with E-state index in [1.54, 1.807) is 30.6 Å². The number of aliphatic hydroxyl groups is 1. The highest BCUT2D eigenvalue weighted by atomic mass is 16.5. The number of carbonyl (C=O) groups is 1. The van der Waals surface area contributed by atoms with Crippen LogP contribution in [0.1, 0.15) is 10.4 Å². The summed E-state index contributed by atoms with van der Waals surface area (Å²) in [4.78, 5) is 15.8. The van der Waals surface area contributed by atoms with Gasteiger partial charge in [0, 0.05) is 0 Å². The maximum atomic E-state index is 11.5. The molecule has 124 valence electrons. The molecule has 1 N–H and O–H groups in total. The summed E-state index contributed by atoms with van der Waals surface area (Å²) in [7, 11) is 1.33. The standard InChI is InChI=1S/C18H18N2O4/c1-23-18(22)13-5-4-6-15(9-13)24-11-14(21)10-20-12-19-16-7-2-3-8-17(16)20/h2-9,12,14,21H,10-11H2,1H3/t14-/m0/s1. The third kappa shape index (κ3) is 3.55. The van der Waals surface area contributed by atoms with Gasteiger partial charge in [-0.05, 0) is 30.3 Å². The third-order valence-electron chi connectivity index (χ3n) is 3.63. The molecule has 0 aliphatic heterocycles. The number of nitrogens with zero attached hydrogens (tertiary/aromatic N) is 2. The molecule has 0 bridgehead atoms. The lowest BCUT2D eigenvalue weighted by atomic mass is 10.2. The minimum absolute atomic E-state index is 0.108. The number of imidazole rings is 1. The molecule has 0 radical (unpaired) electrons. The number of fused-ring (bicyclic) bond motifs is 1. The molecule has 0 unspecified atom stereocenters. The van der Waals surface area contributed by atoms with Gasteiger partial charge in [-0.3, -0.25) is 0 Å². The number of aromatic nitrogens is 2. The summed E-state index contributed by atoms with van der Waals surface area (Å²) in [5.41, 5.74) is 2.26. The van der Waals surface area contributed by atoms with Crippen LogP contribution in [-0.2, 0) is 11.3 Å². The van der Waals surface area contributed by atoms with Gasteiger partial charge in [0.2, 0.25) is 0 Å². The average Bonchev–Trinajstić information content (AvgIpc) is 3.02. The lowest BCUT2D eigenvalue weighted by Crippen LogP contribution is -2.23. The molecule has 0 aliphatic rings. The first-order chi connectivity index (χ1) is 11.7. The zero-order valence-electron chi connectivity index (χ0n) is 13.3. The third-order valence-corrected chi connectivity index (χ3v) is 3.63. The fraction of sp³-hybridized carbons (Fsp3) is 0.222. The quantitative estimate of drug-likeness (QED) is 0.703. The van der Waals surface area contributed by atoms with E-state index in [2.05, 4.69) is 9.72 Å². The van der Waals surface area contributed by atoms with Crippen LogP contribution in [0.4, 0.5) is 0 Å². The highest BCUT2D eigenvalue weighted by molar-refractivity contribution is 5.89. The molecule has 6 heteroatoms. The van der Waals surface area contributed by atoms with E-state index < -0.39 is 12.1 Å². The molecule has 1 heterocycles. The first-order valence-corrected chi connectivity index (χ1v) is 7.56. The summed E-state index contributed by atoms with van der Waals surface area (Å²) in [5.74, 6) is 0.0818. The first kappa shape index (κ1) is 16.0. The van der Waals surface area contributed by atoms with Gasteiger partial charge >= 0.3 is 5.97 Å². The predicted octanol–water partition coefficient (Wildman–Crippen LogP) is 2.26. The molecule has 0 aliphatic carbocycles. The van der Waals surface area contributed by atoms with E-state index in [0.29, 0.717) is 17.9 Å². The van der Waals surface area contributed by atoms with Crippen molar-refractivity contribution in [3.8, 4) is 5.75 Å². The molecule has 0 saturated heterocycles. The Morgan fingerprint density at radius 2 is 2.08 bits per heavy atom. The average molecular weight is 326 g/mol. The molecule has 3 aromatic rings. The second kappa shape index (κ2) is 7.14. The largest absolute Gasteiger partial charge is 0.491 e. The number of ether oxygens (including phenoxy) is 2. The Morgan fingerprint density at radius 3 is 2.92 bits per heavy atom. The van der Waals surface area contributed by atoms with E-state index in [0.717, 1.165) is 11.0 Å². The summed E-state index contributed by atoms with van der Waals surface area (Å²) >= 11 is 0. The summed E-state index contributed by atoms with van der Waals surface area (Å²) in [6.45, 7) is 0.480. The minimum Gasteiger partial charge on any atom is -0.491 e. The Bertz CT molecular complexity index is 844. The number of benzene rings is 2. The number of rotatable bonds is 6. The Kier molecular flexibility index (Phi) is 4.77. The number of hydrogen-bond acceptors (Lipinski definition) is 5. The zero-order chi connectivity index (χ0) is 16.9. The van der Waals surface area contributed by atoms with Crippen molar-refractivity contribution in [1.82, 2.24) is 9.55 Å². The fourth-order valence-corrected chi connectivity index (χ4v) is 2.46. The number of esters is 1. The van der Waals surface area contributed by atoms with Crippen LogP contribution in [0.15, 0.2) is 54.9 Å². The van der Waals surface area contributed by atoms with Crippen molar-refractivity contribution < 1.29 is 19.4 Å². The van der Waals surface area contributed by atoms with Crippen LogP contribution < -0.4 is 4.74 Å². The van der Waals surface area contributed by atoms with Crippen molar-refractivity contribution in [3.63, 3.8) is 0 Å². The summed E-state index contributed by atoms with van der Waals surface area (Å²) < 4.78 is 12.1. The van der Waals surface area contributed by atoms with Gasteiger partial charge in [-0.15, -0.1) is 0 Å². The van der Waals surface area contributed by atoms with Crippen LogP contribution in [0.2, 0.25) is 0 Å². The maximum Gasteiger partial charge on any atom is 0.337 e. The normalized spacial score (nSPS) is 12.1. The maximum absolute atomic E-state index is 11.5. The second-order valence-corrected chi connectivity index (χ2v) is 5.37. The Morgan fingerprint density at radius 1 is 1.25 bits per heavy atom. The highest BCUT2D eigenvalue weighted by Crippen LogP contribution is 2.15. The van der Waals surface area contributed by atoms with E-state index in [1.807, 2.05) is 28.8 Å². The summed E-state index contributed by atoms with van der Waals surface area (Å²) in [5, 5.41) is 10.2. The van der Waals surface area contributed by atoms with Crippen molar-refractivity contribution in [3.05, 3.63) is 60.4 Å². The number of methoxy groups -OCH3 is 1. The predicted molar refractivity (Wildman–Crippen MR) is 89.0 cm³/mol. The molecular formula is C18H18N2O4. The molecule has 0 spiro atoms. The monoisotopic (exact) mass is 326 g/mol. The van der Waals surface area contributed by atoms with E-state index in [-0.39, 0.29) is 6.61 Å². The number of hydrogen-bond donors (Lipinski definition) is 1. The van der Waals surface area contributed by atoms with E-state index in [1.165, 1.54) is 7.11 Å². The number of aliphatic hydroxyl groups excluding tert-OH is 1. The molecule has 2 aromatic carbocycles. The minimum atomic E-state index is -0.704. The Balaban J connectivity index is 1.61. The van der Waals surface area contributed by atoms with Crippen molar-refractivity contribution in [2.24, 2.45) is 0 Å². The molecule has 0 fully saturated rings. The molecule has 6 nitrogen and oxygen atoms in total. The van der Waals surface area contributed by atoms with E-state index >= 15 is 0 Å². The van der Waals surface area contributed by atoms with E-state index in [9.17, 15) is 9.90 Å². The zero-order valence-corrected chi connectivity index (χ0v) is 13.3. The van der Waals surface area contributed by atoms with Crippen molar-refractivity contribution in [2.75, 3.05) is 13.7 Å². The van der Waals surface area contributed by atoms with Gasteiger partial charge in [0.05, 0.1) is 36.6 Å². The molecular weight excluding hydrogens is 308 g/mol. The Hall–Kier alpha value is -2.86. The fourth-order valence-electron chi connectivity index (χ4n) is 2.46. The number of carbonyl (C=O) groups excluding carboxylic acids is 1. The molecule has 3 rings (SSSR count). The summed E-state index contributed by atoms with van der Waals surface area (Å²) in [6, 6.07) is 14.4. The number of para-hydroxylation sites is 2. The van der Waals surface area contributed by atoms with Gasteiger partial charge in [-0.25, -0.2) is 9.78 Å². The Labute approximate surface area is 139 Å². The van der Waals surface area contributed by atoms with Crippen LogP contribution in [0.5, 0.6) is 5.75 Å². The van der Waals surface area contributed by atoms with Gasteiger partial charge in [-0.2, -0.15) is 0 Å². The molecule has 1 aromatic heterocycles. The van der Waals surface area contributed by atoms with Gasteiger partial charge in [0.1, 0.15) is 18.5 Å². The van der Waals surface area contributed by atoms with Crippen LogP contribution in [0.25, 0.3) is 11.0 Å². The molecule has 24 heavy (non-hydrogen) atoms. The van der Waals surface area contributed by atoms with Crippen LogP contribution >= 0.6 is 0 Å². The van der Waals surface area contributed by atoms with Gasteiger partial charge in [-0.1, -0.05) is 18.2 Å². The summed E-state index contributed by atoms with van der Waals surface area (Å²) in [6.07, 6.45) is 0.996. The first-order valence-electron chi connectivity index (χ1n) is 7.56. The molecule has 1 atom stereocenters. The van der Waals surface area contributed by atoms with Gasteiger partial charge < -0.3 is 19.1 Å². The molecule has 0 amide bonds. The van der Waals surface area contributed by atoms with Gasteiger partial charge in [0.15, 0.2) is 0 Å².